The van der Waals surface area contributed by atoms with Crippen LogP contribution in [0.15, 0.2) is 47.6 Å². The molecule has 168 valence electrons. The largest absolute Gasteiger partial charge is 0.368 e. The van der Waals surface area contributed by atoms with Crippen LogP contribution in [0, 0.1) is 12.7 Å². The van der Waals surface area contributed by atoms with E-state index in [0.29, 0.717) is 5.69 Å². The lowest BCUT2D eigenvalue weighted by Gasteiger charge is -2.26. The third-order valence-corrected chi connectivity index (χ3v) is 6.59. The Morgan fingerprint density at radius 2 is 1.91 bits per heavy atom. The number of halogens is 1. The number of rotatable bonds is 6. The van der Waals surface area contributed by atoms with Gasteiger partial charge in [-0.3, -0.25) is 19.5 Å². The number of benzene rings is 2. The summed E-state index contributed by atoms with van der Waals surface area (Å²) in [5, 5.41) is 8.66. The SMILES string of the molecule is Cc1ccc(CN2CCSCC2)cc1NC(=O)C1=NN(c2ccc(F)cc2)C(C(N)=O)C1. The molecule has 9 heteroatoms. The third kappa shape index (κ3) is 5.11. The number of nitrogens with one attached hydrogen (secondary N) is 1. The van der Waals surface area contributed by atoms with Crippen LogP contribution >= 0.6 is 11.8 Å². The summed E-state index contributed by atoms with van der Waals surface area (Å²) in [6.07, 6.45) is 0.0860. The topological polar surface area (TPSA) is 91.0 Å². The zero-order chi connectivity index (χ0) is 22.7. The zero-order valence-electron chi connectivity index (χ0n) is 17.9. The second-order valence-electron chi connectivity index (χ2n) is 7.98. The van der Waals surface area contributed by atoms with E-state index in [2.05, 4.69) is 21.4 Å². The van der Waals surface area contributed by atoms with E-state index in [1.165, 1.54) is 29.3 Å². The first-order valence-corrected chi connectivity index (χ1v) is 11.7. The van der Waals surface area contributed by atoms with Crippen LogP contribution in [-0.2, 0) is 16.1 Å². The molecule has 0 bridgehead atoms. The number of nitrogens with zero attached hydrogens (tertiary/aromatic N) is 3. The van der Waals surface area contributed by atoms with Gasteiger partial charge >= 0.3 is 0 Å². The molecule has 1 unspecified atom stereocenters. The summed E-state index contributed by atoms with van der Waals surface area (Å²) in [6, 6.07) is 10.8. The summed E-state index contributed by atoms with van der Waals surface area (Å²) in [7, 11) is 0. The standard InChI is InChI=1S/C23H26FN5O2S/c1-15-2-3-16(14-28-8-10-32-11-9-28)12-19(15)26-23(31)20-13-21(22(25)30)29(27-20)18-6-4-17(24)5-7-18/h2-7,12,21H,8-11,13-14H2,1H3,(H2,25,30)(H,26,31). The van der Waals surface area contributed by atoms with Crippen molar-refractivity contribution in [3.63, 3.8) is 0 Å². The van der Waals surface area contributed by atoms with Gasteiger partial charge < -0.3 is 11.1 Å². The number of carbonyl (C=O) groups excluding carboxylic acids is 2. The number of hydrazone groups is 1. The molecule has 1 atom stereocenters. The lowest BCUT2D eigenvalue weighted by molar-refractivity contribution is -0.119. The minimum absolute atomic E-state index is 0.0860. The summed E-state index contributed by atoms with van der Waals surface area (Å²) >= 11 is 1.97. The fourth-order valence-corrected chi connectivity index (χ4v) is 4.79. The van der Waals surface area contributed by atoms with Crippen molar-refractivity contribution >= 4 is 40.7 Å². The van der Waals surface area contributed by atoms with E-state index in [1.807, 2.05) is 30.8 Å². The van der Waals surface area contributed by atoms with Gasteiger partial charge in [0.15, 0.2) is 0 Å². The average molecular weight is 456 g/mol. The summed E-state index contributed by atoms with van der Waals surface area (Å²) in [4.78, 5) is 27.3. The molecule has 0 aliphatic carbocycles. The molecule has 3 N–H and O–H groups in total. The predicted molar refractivity (Wildman–Crippen MR) is 126 cm³/mol. The van der Waals surface area contributed by atoms with Crippen LogP contribution in [0.3, 0.4) is 0 Å². The number of hydrogen-bond donors (Lipinski definition) is 2. The Hall–Kier alpha value is -2.91. The molecule has 0 radical (unpaired) electrons. The van der Waals surface area contributed by atoms with Crippen molar-refractivity contribution in [2.45, 2.75) is 25.9 Å². The quantitative estimate of drug-likeness (QED) is 0.699. The number of hydrogen-bond acceptors (Lipinski definition) is 6. The second-order valence-corrected chi connectivity index (χ2v) is 9.21. The van der Waals surface area contributed by atoms with Crippen LogP contribution in [-0.4, -0.2) is 53.1 Å². The van der Waals surface area contributed by atoms with Gasteiger partial charge in [-0.15, -0.1) is 0 Å². The highest BCUT2D eigenvalue weighted by Gasteiger charge is 2.35. The number of anilines is 2. The van der Waals surface area contributed by atoms with Gasteiger partial charge in [0, 0.05) is 43.2 Å². The molecule has 0 saturated carbocycles. The Bertz CT molecular complexity index is 1040. The van der Waals surface area contributed by atoms with E-state index >= 15 is 0 Å². The van der Waals surface area contributed by atoms with E-state index in [0.717, 1.165) is 48.0 Å². The Kier molecular flexibility index (Phi) is 6.76. The van der Waals surface area contributed by atoms with Crippen LogP contribution < -0.4 is 16.1 Å². The van der Waals surface area contributed by atoms with Gasteiger partial charge in [0.2, 0.25) is 5.91 Å². The number of carbonyl (C=O) groups is 2. The first-order valence-electron chi connectivity index (χ1n) is 10.5. The number of thioether (sulfide) groups is 1. The van der Waals surface area contributed by atoms with Crippen LogP contribution in [0.25, 0.3) is 0 Å². The van der Waals surface area contributed by atoms with Crippen molar-refractivity contribution in [3.05, 3.63) is 59.4 Å². The predicted octanol–water partition coefficient (Wildman–Crippen LogP) is 2.74. The molecule has 2 aromatic rings. The Labute approximate surface area is 190 Å². The van der Waals surface area contributed by atoms with E-state index in [1.54, 1.807) is 0 Å². The summed E-state index contributed by atoms with van der Waals surface area (Å²) in [5.41, 5.74) is 9.03. The van der Waals surface area contributed by atoms with Crippen molar-refractivity contribution in [2.75, 3.05) is 34.9 Å². The van der Waals surface area contributed by atoms with Crippen LogP contribution in [0.1, 0.15) is 17.5 Å². The summed E-state index contributed by atoms with van der Waals surface area (Å²) in [5.74, 6) is 0.903. The molecular weight excluding hydrogens is 429 g/mol. The Balaban J connectivity index is 1.50. The molecule has 2 amide bonds. The van der Waals surface area contributed by atoms with E-state index in [-0.39, 0.29) is 18.0 Å². The zero-order valence-corrected chi connectivity index (χ0v) is 18.7. The highest BCUT2D eigenvalue weighted by atomic mass is 32.2. The van der Waals surface area contributed by atoms with Crippen molar-refractivity contribution in [3.8, 4) is 0 Å². The third-order valence-electron chi connectivity index (χ3n) is 5.65. The van der Waals surface area contributed by atoms with Crippen molar-refractivity contribution in [1.29, 1.82) is 0 Å². The average Bonchev–Trinajstić information content (AvgIpc) is 3.23. The molecule has 2 aliphatic rings. The molecule has 0 spiro atoms. The summed E-state index contributed by atoms with van der Waals surface area (Å²) in [6.45, 7) is 4.90. The first kappa shape index (κ1) is 22.3. The van der Waals surface area contributed by atoms with Gasteiger partial charge in [0.25, 0.3) is 5.91 Å². The monoisotopic (exact) mass is 455 g/mol. The number of nitrogens with two attached hydrogens (primary N) is 1. The highest BCUT2D eigenvalue weighted by molar-refractivity contribution is 7.99. The van der Waals surface area contributed by atoms with Crippen molar-refractivity contribution in [2.24, 2.45) is 10.8 Å². The highest BCUT2D eigenvalue weighted by Crippen LogP contribution is 2.26. The smallest absolute Gasteiger partial charge is 0.271 e. The lowest BCUT2D eigenvalue weighted by Crippen LogP contribution is -2.39. The maximum atomic E-state index is 13.3. The van der Waals surface area contributed by atoms with E-state index in [9.17, 15) is 14.0 Å². The van der Waals surface area contributed by atoms with E-state index < -0.39 is 17.8 Å². The number of aryl methyl sites for hydroxylation is 1. The molecule has 1 saturated heterocycles. The van der Waals surface area contributed by atoms with Gasteiger partial charge in [-0.2, -0.15) is 16.9 Å². The van der Waals surface area contributed by atoms with E-state index in [4.69, 9.17) is 5.73 Å². The number of primary amides is 1. The molecule has 4 rings (SSSR count). The summed E-state index contributed by atoms with van der Waals surface area (Å²) < 4.78 is 13.3. The Morgan fingerprint density at radius 3 is 2.59 bits per heavy atom. The van der Waals surface area contributed by atoms with Crippen LogP contribution in [0.5, 0.6) is 0 Å². The van der Waals surface area contributed by atoms with Crippen LogP contribution in [0.4, 0.5) is 15.8 Å². The van der Waals surface area contributed by atoms with Gasteiger partial charge in [-0.25, -0.2) is 4.39 Å². The molecule has 2 aliphatic heterocycles. The molecule has 1 fully saturated rings. The fraction of sp³-hybridized carbons (Fsp3) is 0.348. The van der Waals surface area contributed by atoms with Crippen LogP contribution in [0.2, 0.25) is 0 Å². The second kappa shape index (κ2) is 9.70. The van der Waals surface area contributed by atoms with Gasteiger partial charge in [-0.05, 0) is 48.4 Å². The molecule has 32 heavy (non-hydrogen) atoms. The lowest BCUT2D eigenvalue weighted by atomic mass is 10.1. The van der Waals surface area contributed by atoms with Gasteiger partial charge in [-0.1, -0.05) is 12.1 Å². The normalized spacial score (nSPS) is 19.0. The maximum Gasteiger partial charge on any atom is 0.271 e. The Morgan fingerprint density at radius 1 is 1.19 bits per heavy atom. The molecule has 7 nitrogen and oxygen atoms in total. The minimum atomic E-state index is -0.800. The van der Waals surface area contributed by atoms with Crippen molar-refractivity contribution < 1.29 is 14.0 Å². The number of amides is 2. The molecular formula is C23H26FN5O2S. The van der Waals surface area contributed by atoms with Crippen molar-refractivity contribution in [1.82, 2.24) is 4.90 Å². The fourth-order valence-electron chi connectivity index (χ4n) is 3.82. The first-order chi connectivity index (χ1) is 15.4. The van der Waals surface area contributed by atoms with Gasteiger partial charge in [0.1, 0.15) is 17.6 Å². The molecule has 2 heterocycles. The van der Waals surface area contributed by atoms with Gasteiger partial charge in [0.05, 0.1) is 5.69 Å². The molecule has 0 aromatic heterocycles. The minimum Gasteiger partial charge on any atom is -0.368 e. The molecule has 2 aromatic carbocycles. The maximum absolute atomic E-state index is 13.3.